The van der Waals surface area contributed by atoms with Crippen molar-refractivity contribution in [2.75, 3.05) is 7.05 Å². The minimum Gasteiger partial charge on any atom is -0.313 e. The SMILES string of the molecule is CNC(Cc1ccc(Cl)cc1[N+](=O)[O-])c1ccccc1. The highest BCUT2D eigenvalue weighted by Crippen LogP contribution is 2.27. The van der Waals surface area contributed by atoms with Crippen molar-refractivity contribution in [3.63, 3.8) is 0 Å². The molecule has 104 valence electrons. The zero-order chi connectivity index (χ0) is 14.5. The molecule has 0 aliphatic rings. The van der Waals surface area contributed by atoms with E-state index in [1.807, 2.05) is 37.4 Å². The Morgan fingerprint density at radius 1 is 1.25 bits per heavy atom. The number of halogens is 1. The summed E-state index contributed by atoms with van der Waals surface area (Å²) in [4.78, 5) is 10.7. The molecule has 0 aliphatic heterocycles. The Morgan fingerprint density at radius 3 is 2.55 bits per heavy atom. The summed E-state index contributed by atoms with van der Waals surface area (Å²) in [5, 5.41) is 14.7. The predicted molar refractivity (Wildman–Crippen MR) is 80.1 cm³/mol. The fraction of sp³-hybridized carbons (Fsp3) is 0.200. The number of nitrogens with one attached hydrogen (secondary N) is 1. The number of benzene rings is 2. The van der Waals surface area contributed by atoms with Gasteiger partial charge in [-0.25, -0.2) is 0 Å². The maximum absolute atomic E-state index is 11.1. The molecule has 0 saturated heterocycles. The minimum absolute atomic E-state index is 0.0241. The van der Waals surface area contributed by atoms with Crippen molar-refractivity contribution < 1.29 is 4.92 Å². The number of rotatable bonds is 5. The molecule has 0 saturated carbocycles. The molecule has 1 unspecified atom stereocenters. The quantitative estimate of drug-likeness (QED) is 0.674. The summed E-state index contributed by atoms with van der Waals surface area (Å²) in [5.41, 5.74) is 1.83. The molecule has 1 N–H and O–H groups in total. The Hall–Kier alpha value is -1.91. The van der Waals surface area contributed by atoms with Gasteiger partial charge in [0.2, 0.25) is 0 Å². The van der Waals surface area contributed by atoms with Gasteiger partial charge in [0.05, 0.1) is 4.92 Å². The van der Waals surface area contributed by atoms with Gasteiger partial charge in [0.25, 0.3) is 5.69 Å². The standard InChI is InChI=1S/C15H15ClN2O2/c1-17-14(11-5-3-2-4-6-11)9-12-7-8-13(16)10-15(12)18(19)20/h2-8,10,14,17H,9H2,1H3. The van der Waals surface area contributed by atoms with Crippen molar-refractivity contribution >= 4 is 17.3 Å². The first-order chi connectivity index (χ1) is 9.61. The molecule has 0 fully saturated rings. The van der Waals surface area contributed by atoms with Gasteiger partial charge >= 0.3 is 0 Å². The average Bonchev–Trinajstić information content (AvgIpc) is 2.46. The number of nitro groups is 1. The molecule has 1 atom stereocenters. The molecule has 20 heavy (non-hydrogen) atoms. The molecule has 2 rings (SSSR count). The van der Waals surface area contributed by atoms with Crippen LogP contribution < -0.4 is 5.32 Å². The van der Waals surface area contributed by atoms with Crippen LogP contribution in [0.1, 0.15) is 17.2 Å². The van der Waals surface area contributed by atoms with Gasteiger partial charge in [-0.3, -0.25) is 10.1 Å². The molecule has 0 bridgehead atoms. The second-order valence-corrected chi connectivity index (χ2v) is 4.92. The molecule has 0 aromatic heterocycles. The van der Waals surface area contributed by atoms with Crippen LogP contribution in [0.2, 0.25) is 5.02 Å². The zero-order valence-corrected chi connectivity index (χ0v) is 11.8. The van der Waals surface area contributed by atoms with Crippen LogP contribution in [0.5, 0.6) is 0 Å². The van der Waals surface area contributed by atoms with Gasteiger partial charge < -0.3 is 5.32 Å². The second-order valence-electron chi connectivity index (χ2n) is 4.49. The summed E-state index contributed by atoms with van der Waals surface area (Å²) < 4.78 is 0. The zero-order valence-electron chi connectivity index (χ0n) is 11.0. The van der Waals surface area contributed by atoms with Crippen LogP contribution in [0, 0.1) is 10.1 Å². The number of nitro benzene ring substituents is 1. The first-order valence-electron chi connectivity index (χ1n) is 6.27. The summed E-state index contributed by atoms with van der Waals surface area (Å²) in [6.45, 7) is 0. The number of hydrogen-bond acceptors (Lipinski definition) is 3. The first-order valence-corrected chi connectivity index (χ1v) is 6.64. The lowest BCUT2D eigenvalue weighted by atomic mass is 9.98. The summed E-state index contributed by atoms with van der Waals surface area (Å²) in [5.74, 6) is 0. The van der Waals surface area contributed by atoms with Gasteiger partial charge in [-0.2, -0.15) is 0 Å². The maximum atomic E-state index is 11.1. The van der Waals surface area contributed by atoms with Gasteiger partial charge in [-0.1, -0.05) is 48.0 Å². The Kier molecular flexibility index (Phi) is 4.71. The largest absolute Gasteiger partial charge is 0.313 e. The topological polar surface area (TPSA) is 55.2 Å². The fourth-order valence-electron chi connectivity index (χ4n) is 2.17. The molecule has 0 radical (unpaired) electrons. The van der Waals surface area contributed by atoms with E-state index < -0.39 is 0 Å². The van der Waals surface area contributed by atoms with E-state index in [4.69, 9.17) is 11.6 Å². The number of hydrogen-bond donors (Lipinski definition) is 1. The van der Waals surface area contributed by atoms with E-state index in [0.717, 1.165) is 5.56 Å². The highest BCUT2D eigenvalue weighted by Gasteiger charge is 2.18. The van der Waals surface area contributed by atoms with Crippen LogP contribution in [-0.4, -0.2) is 12.0 Å². The highest BCUT2D eigenvalue weighted by molar-refractivity contribution is 6.30. The van der Waals surface area contributed by atoms with E-state index in [-0.39, 0.29) is 16.7 Å². The third-order valence-corrected chi connectivity index (χ3v) is 3.45. The highest BCUT2D eigenvalue weighted by atomic mass is 35.5. The third kappa shape index (κ3) is 3.35. The van der Waals surface area contributed by atoms with Crippen LogP contribution in [0.4, 0.5) is 5.69 Å². The normalized spacial score (nSPS) is 12.1. The molecule has 2 aromatic rings. The predicted octanol–water partition coefficient (Wildman–Crippen LogP) is 3.75. The smallest absolute Gasteiger partial charge is 0.274 e. The van der Waals surface area contributed by atoms with Crippen molar-refractivity contribution in [3.8, 4) is 0 Å². The summed E-state index contributed by atoms with van der Waals surface area (Å²) in [6.07, 6.45) is 0.536. The maximum Gasteiger partial charge on any atom is 0.274 e. The summed E-state index contributed by atoms with van der Waals surface area (Å²) >= 11 is 5.83. The lowest BCUT2D eigenvalue weighted by molar-refractivity contribution is -0.385. The lowest BCUT2D eigenvalue weighted by Crippen LogP contribution is -2.19. The van der Waals surface area contributed by atoms with Gasteiger partial charge in [-0.15, -0.1) is 0 Å². The van der Waals surface area contributed by atoms with Gasteiger partial charge in [0.15, 0.2) is 0 Å². The van der Waals surface area contributed by atoms with Crippen LogP contribution >= 0.6 is 11.6 Å². The molecule has 0 amide bonds. The minimum atomic E-state index is -0.390. The number of likely N-dealkylation sites (N-methyl/N-ethyl adjacent to an activating group) is 1. The fourth-order valence-corrected chi connectivity index (χ4v) is 2.34. The molecule has 4 nitrogen and oxygen atoms in total. The van der Waals surface area contributed by atoms with E-state index >= 15 is 0 Å². The lowest BCUT2D eigenvalue weighted by Gasteiger charge is -2.16. The van der Waals surface area contributed by atoms with Crippen molar-refractivity contribution in [1.29, 1.82) is 0 Å². The van der Waals surface area contributed by atoms with Crippen LogP contribution in [0.3, 0.4) is 0 Å². The number of nitrogens with zero attached hydrogens (tertiary/aromatic N) is 1. The van der Waals surface area contributed by atoms with E-state index in [1.54, 1.807) is 12.1 Å². The van der Waals surface area contributed by atoms with E-state index in [0.29, 0.717) is 17.0 Å². The monoisotopic (exact) mass is 290 g/mol. The van der Waals surface area contributed by atoms with Gasteiger partial charge in [-0.05, 0) is 25.1 Å². The van der Waals surface area contributed by atoms with E-state index in [1.165, 1.54) is 6.07 Å². The molecule has 0 spiro atoms. The van der Waals surface area contributed by atoms with Gasteiger partial charge in [0, 0.05) is 22.7 Å². The first kappa shape index (κ1) is 14.5. The third-order valence-electron chi connectivity index (χ3n) is 3.22. The van der Waals surface area contributed by atoms with Crippen molar-refractivity contribution in [1.82, 2.24) is 5.32 Å². The Balaban J connectivity index is 2.31. The average molecular weight is 291 g/mol. The van der Waals surface area contributed by atoms with Crippen LogP contribution in [0.15, 0.2) is 48.5 Å². The van der Waals surface area contributed by atoms with Crippen LogP contribution in [-0.2, 0) is 6.42 Å². The second kappa shape index (κ2) is 6.50. The summed E-state index contributed by atoms with van der Waals surface area (Å²) in [7, 11) is 1.85. The van der Waals surface area contributed by atoms with E-state index in [2.05, 4.69) is 5.32 Å². The Morgan fingerprint density at radius 2 is 1.95 bits per heavy atom. The Bertz CT molecular complexity index is 602. The van der Waals surface area contributed by atoms with Crippen LogP contribution in [0.25, 0.3) is 0 Å². The van der Waals surface area contributed by atoms with Crippen molar-refractivity contribution in [2.45, 2.75) is 12.5 Å². The van der Waals surface area contributed by atoms with Crippen molar-refractivity contribution in [2.24, 2.45) is 0 Å². The molecule has 2 aromatic carbocycles. The van der Waals surface area contributed by atoms with Crippen molar-refractivity contribution in [3.05, 3.63) is 74.8 Å². The van der Waals surface area contributed by atoms with E-state index in [9.17, 15) is 10.1 Å². The molecular weight excluding hydrogens is 276 g/mol. The Labute approximate surface area is 122 Å². The molecule has 0 heterocycles. The molecule has 0 aliphatic carbocycles. The molecular formula is C15H15ClN2O2. The summed E-state index contributed by atoms with van der Waals surface area (Å²) in [6, 6.07) is 14.7. The molecule has 5 heteroatoms. The van der Waals surface area contributed by atoms with Gasteiger partial charge in [0.1, 0.15) is 0 Å².